The SMILES string of the molecule is Cc1cccnc1COc1c(N)cc(C#N)cc1I. The number of aryl methyl sites for hydroxylation is 1. The first-order valence-corrected chi connectivity index (χ1v) is 6.72. The maximum Gasteiger partial charge on any atom is 0.156 e. The Hall–Kier alpha value is -1.81. The molecule has 4 nitrogen and oxygen atoms in total. The van der Waals surface area contributed by atoms with Crippen LogP contribution in [0, 0.1) is 21.8 Å². The van der Waals surface area contributed by atoms with Crippen LogP contribution in [0.25, 0.3) is 0 Å². The lowest BCUT2D eigenvalue weighted by Crippen LogP contribution is -2.04. The van der Waals surface area contributed by atoms with Crippen LogP contribution in [0.2, 0.25) is 0 Å². The summed E-state index contributed by atoms with van der Waals surface area (Å²) in [6.07, 6.45) is 1.73. The number of nitrogens with two attached hydrogens (primary N) is 1. The average Bonchev–Trinajstić information content (AvgIpc) is 2.39. The second-order valence-electron chi connectivity index (χ2n) is 4.04. The van der Waals surface area contributed by atoms with E-state index in [1.165, 1.54) is 0 Å². The van der Waals surface area contributed by atoms with Gasteiger partial charge in [0, 0.05) is 6.20 Å². The maximum absolute atomic E-state index is 8.86. The van der Waals surface area contributed by atoms with E-state index in [2.05, 4.69) is 33.6 Å². The molecular formula is C14H12IN3O. The number of pyridine rings is 1. The molecule has 0 bridgehead atoms. The van der Waals surface area contributed by atoms with Gasteiger partial charge in [-0.1, -0.05) is 6.07 Å². The first-order chi connectivity index (χ1) is 9.11. The van der Waals surface area contributed by atoms with E-state index in [9.17, 15) is 0 Å². The fourth-order valence-electron chi connectivity index (χ4n) is 1.64. The molecule has 0 fully saturated rings. The summed E-state index contributed by atoms with van der Waals surface area (Å²) in [6, 6.07) is 9.30. The summed E-state index contributed by atoms with van der Waals surface area (Å²) in [7, 11) is 0. The molecule has 96 valence electrons. The molecule has 0 unspecified atom stereocenters. The van der Waals surface area contributed by atoms with Crippen molar-refractivity contribution < 1.29 is 4.74 Å². The second kappa shape index (κ2) is 5.89. The highest BCUT2D eigenvalue weighted by Gasteiger charge is 2.09. The third-order valence-electron chi connectivity index (χ3n) is 2.67. The minimum atomic E-state index is 0.360. The normalized spacial score (nSPS) is 9.95. The second-order valence-corrected chi connectivity index (χ2v) is 5.21. The molecule has 2 rings (SSSR count). The Morgan fingerprint density at radius 1 is 1.47 bits per heavy atom. The number of hydrogen-bond acceptors (Lipinski definition) is 4. The molecule has 0 radical (unpaired) electrons. The summed E-state index contributed by atoms with van der Waals surface area (Å²) in [5.74, 6) is 0.602. The van der Waals surface area contributed by atoms with Crippen LogP contribution in [-0.2, 0) is 6.61 Å². The average molecular weight is 365 g/mol. The van der Waals surface area contributed by atoms with E-state index >= 15 is 0 Å². The lowest BCUT2D eigenvalue weighted by Gasteiger charge is -2.12. The first kappa shape index (κ1) is 13.6. The summed E-state index contributed by atoms with van der Waals surface area (Å²) in [5.41, 5.74) is 8.85. The van der Waals surface area contributed by atoms with Crippen molar-refractivity contribution >= 4 is 28.3 Å². The Morgan fingerprint density at radius 3 is 2.89 bits per heavy atom. The van der Waals surface area contributed by atoms with Gasteiger partial charge < -0.3 is 10.5 Å². The number of halogens is 1. The largest absolute Gasteiger partial charge is 0.484 e. The lowest BCUT2D eigenvalue weighted by molar-refractivity contribution is 0.300. The number of rotatable bonds is 3. The van der Waals surface area contributed by atoms with Crippen LogP contribution in [0.4, 0.5) is 5.69 Å². The van der Waals surface area contributed by atoms with Gasteiger partial charge in [-0.25, -0.2) is 0 Å². The van der Waals surface area contributed by atoms with Crippen molar-refractivity contribution in [1.29, 1.82) is 5.26 Å². The number of aromatic nitrogens is 1. The Bertz CT molecular complexity index is 626. The van der Waals surface area contributed by atoms with E-state index in [4.69, 9.17) is 15.7 Å². The number of nitrogen functional groups attached to an aromatic ring is 1. The minimum absolute atomic E-state index is 0.360. The van der Waals surface area contributed by atoms with Gasteiger partial charge in [0.15, 0.2) is 5.75 Å². The monoisotopic (exact) mass is 365 g/mol. The van der Waals surface area contributed by atoms with Gasteiger partial charge in [0.2, 0.25) is 0 Å². The van der Waals surface area contributed by atoms with Gasteiger partial charge in [0.05, 0.1) is 26.6 Å². The van der Waals surface area contributed by atoms with Gasteiger partial charge >= 0.3 is 0 Å². The van der Waals surface area contributed by atoms with Crippen LogP contribution in [0.15, 0.2) is 30.5 Å². The molecule has 1 heterocycles. The lowest BCUT2D eigenvalue weighted by atomic mass is 10.2. The molecule has 0 saturated heterocycles. The van der Waals surface area contributed by atoms with Crippen LogP contribution in [0.1, 0.15) is 16.8 Å². The molecule has 0 amide bonds. The fourth-order valence-corrected chi connectivity index (χ4v) is 2.44. The van der Waals surface area contributed by atoms with Crippen molar-refractivity contribution in [3.8, 4) is 11.8 Å². The van der Waals surface area contributed by atoms with Crippen molar-refractivity contribution in [2.45, 2.75) is 13.5 Å². The van der Waals surface area contributed by atoms with Gasteiger partial charge in [-0.05, 0) is 53.3 Å². The third-order valence-corrected chi connectivity index (χ3v) is 3.47. The zero-order valence-electron chi connectivity index (χ0n) is 10.4. The van der Waals surface area contributed by atoms with Crippen LogP contribution in [0.3, 0.4) is 0 Å². The number of hydrogen-bond donors (Lipinski definition) is 1. The van der Waals surface area contributed by atoms with Crippen molar-refractivity contribution in [2.24, 2.45) is 0 Å². The van der Waals surface area contributed by atoms with E-state index in [1.807, 2.05) is 19.1 Å². The summed E-state index contributed by atoms with van der Waals surface area (Å²) in [6.45, 7) is 2.34. The molecule has 0 aliphatic heterocycles. The molecule has 19 heavy (non-hydrogen) atoms. The van der Waals surface area contributed by atoms with E-state index in [1.54, 1.807) is 18.3 Å². The molecule has 0 atom stereocenters. The smallest absolute Gasteiger partial charge is 0.156 e. The summed E-state index contributed by atoms with van der Waals surface area (Å²) < 4.78 is 6.55. The number of benzene rings is 1. The van der Waals surface area contributed by atoms with Gasteiger partial charge in [-0.3, -0.25) is 4.98 Å². The van der Waals surface area contributed by atoms with Crippen molar-refractivity contribution in [3.63, 3.8) is 0 Å². The quantitative estimate of drug-likeness (QED) is 0.671. The number of anilines is 1. The molecule has 5 heteroatoms. The summed E-state index contributed by atoms with van der Waals surface area (Å²) in [5, 5.41) is 8.86. The van der Waals surface area contributed by atoms with Gasteiger partial charge in [0.25, 0.3) is 0 Å². The van der Waals surface area contributed by atoms with Gasteiger partial charge in [-0.2, -0.15) is 5.26 Å². The van der Waals surface area contributed by atoms with Gasteiger partial charge in [-0.15, -0.1) is 0 Å². The topological polar surface area (TPSA) is 71.9 Å². The highest BCUT2D eigenvalue weighted by molar-refractivity contribution is 14.1. The first-order valence-electron chi connectivity index (χ1n) is 5.64. The van der Waals surface area contributed by atoms with Crippen molar-refractivity contribution in [3.05, 3.63) is 50.9 Å². The molecule has 2 aromatic rings. The highest BCUT2D eigenvalue weighted by atomic mass is 127. The predicted octanol–water partition coefficient (Wildman–Crippen LogP) is 3.03. The summed E-state index contributed by atoms with van der Waals surface area (Å²) in [4.78, 5) is 4.27. The van der Waals surface area contributed by atoms with Gasteiger partial charge in [0.1, 0.15) is 6.61 Å². The minimum Gasteiger partial charge on any atom is -0.484 e. The third kappa shape index (κ3) is 3.15. The van der Waals surface area contributed by atoms with Crippen molar-refractivity contribution in [1.82, 2.24) is 4.98 Å². The standard InChI is InChI=1S/C14H12IN3O/c1-9-3-2-4-18-13(9)8-19-14-11(15)5-10(7-16)6-12(14)17/h2-6H,8,17H2,1H3. The van der Waals surface area contributed by atoms with E-state index in [-0.39, 0.29) is 0 Å². The van der Waals surface area contributed by atoms with E-state index in [0.29, 0.717) is 23.6 Å². The Morgan fingerprint density at radius 2 is 2.26 bits per heavy atom. The van der Waals surface area contributed by atoms with Crippen LogP contribution in [0.5, 0.6) is 5.75 Å². The summed E-state index contributed by atoms with van der Waals surface area (Å²) >= 11 is 2.11. The Kier molecular flexibility index (Phi) is 4.22. The van der Waals surface area contributed by atoms with Crippen LogP contribution in [-0.4, -0.2) is 4.98 Å². The number of ether oxygens (including phenoxy) is 1. The molecule has 1 aromatic carbocycles. The highest BCUT2D eigenvalue weighted by Crippen LogP contribution is 2.30. The molecule has 0 aliphatic rings. The van der Waals surface area contributed by atoms with Crippen molar-refractivity contribution in [2.75, 3.05) is 5.73 Å². The predicted molar refractivity (Wildman–Crippen MR) is 81.6 cm³/mol. The fraction of sp³-hybridized carbons (Fsp3) is 0.143. The number of nitriles is 1. The molecule has 0 saturated carbocycles. The zero-order valence-corrected chi connectivity index (χ0v) is 12.5. The maximum atomic E-state index is 8.86. The van der Waals surface area contributed by atoms with Crippen LogP contribution >= 0.6 is 22.6 Å². The molecule has 0 aliphatic carbocycles. The zero-order chi connectivity index (χ0) is 13.8. The Labute approximate surface area is 125 Å². The molecular weight excluding hydrogens is 353 g/mol. The van der Waals surface area contributed by atoms with E-state index < -0.39 is 0 Å². The molecule has 1 aromatic heterocycles. The van der Waals surface area contributed by atoms with Crippen LogP contribution < -0.4 is 10.5 Å². The molecule has 0 spiro atoms. The van der Waals surface area contributed by atoms with E-state index in [0.717, 1.165) is 14.8 Å². The number of nitrogens with zero attached hydrogens (tertiary/aromatic N) is 2. The Balaban J connectivity index is 2.21. The molecule has 2 N–H and O–H groups in total.